The van der Waals surface area contributed by atoms with Gasteiger partial charge in [0.05, 0.1) is 12.6 Å². The van der Waals surface area contributed by atoms with E-state index in [0.717, 1.165) is 5.56 Å². The number of carbonyl (C=O) groups excluding carboxylic acids is 2. The normalized spacial score (nSPS) is 12.4. The Morgan fingerprint density at radius 2 is 1.76 bits per heavy atom. The smallest absolute Gasteiger partial charge is 0.237 e. The molecule has 0 bridgehead atoms. The summed E-state index contributed by atoms with van der Waals surface area (Å²) in [5.41, 5.74) is 12.6. The molecule has 6 nitrogen and oxygen atoms in total. The molecule has 1 rings (SSSR count). The number of nitrogens with zero attached hydrogens (tertiary/aromatic N) is 1. The standard InChI is InChI=1S/C15H24N4O2/c1-10(2)18-15(21)11(3)19(9-14(17)20)8-12-4-6-13(16)7-5-12/h4-7,10-11H,8-9,16H2,1-3H3,(H2,17,20)(H,18,21). The largest absolute Gasteiger partial charge is 0.399 e. The summed E-state index contributed by atoms with van der Waals surface area (Å²) in [5, 5.41) is 2.84. The van der Waals surface area contributed by atoms with Gasteiger partial charge in [-0.3, -0.25) is 14.5 Å². The van der Waals surface area contributed by atoms with Crippen LogP contribution in [-0.4, -0.2) is 35.3 Å². The minimum Gasteiger partial charge on any atom is -0.399 e. The third-order valence-corrected chi connectivity index (χ3v) is 3.08. The number of anilines is 1. The number of primary amides is 1. The van der Waals surface area contributed by atoms with Crippen molar-refractivity contribution >= 4 is 17.5 Å². The summed E-state index contributed by atoms with van der Waals surface area (Å²) < 4.78 is 0. The fourth-order valence-corrected chi connectivity index (χ4v) is 1.96. The molecule has 1 aromatic rings. The molecule has 0 aliphatic heterocycles. The number of benzene rings is 1. The molecule has 0 aliphatic carbocycles. The van der Waals surface area contributed by atoms with Gasteiger partial charge in [-0.15, -0.1) is 0 Å². The van der Waals surface area contributed by atoms with E-state index in [1.807, 2.05) is 26.0 Å². The van der Waals surface area contributed by atoms with Crippen molar-refractivity contribution in [2.45, 2.75) is 39.4 Å². The second-order valence-electron chi connectivity index (χ2n) is 5.45. The van der Waals surface area contributed by atoms with Gasteiger partial charge in [0.25, 0.3) is 0 Å². The lowest BCUT2D eigenvalue weighted by molar-refractivity contribution is -0.128. The Bertz CT molecular complexity index is 485. The van der Waals surface area contributed by atoms with Crippen LogP contribution in [0.3, 0.4) is 0 Å². The molecule has 1 unspecified atom stereocenters. The highest BCUT2D eigenvalue weighted by Crippen LogP contribution is 2.11. The summed E-state index contributed by atoms with van der Waals surface area (Å²) in [4.78, 5) is 25.1. The molecule has 6 heteroatoms. The summed E-state index contributed by atoms with van der Waals surface area (Å²) in [5.74, 6) is -0.587. The molecule has 0 saturated carbocycles. The lowest BCUT2D eigenvalue weighted by Gasteiger charge is -2.27. The highest BCUT2D eigenvalue weighted by atomic mass is 16.2. The van der Waals surface area contributed by atoms with Crippen LogP contribution in [0.25, 0.3) is 0 Å². The molecule has 0 spiro atoms. The molecule has 21 heavy (non-hydrogen) atoms. The Morgan fingerprint density at radius 1 is 1.19 bits per heavy atom. The van der Waals surface area contributed by atoms with Crippen molar-refractivity contribution in [3.63, 3.8) is 0 Å². The Labute approximate surface area is 125 Å². The number of rotatable bonds is 7. The lowest BCUT2D eigenvalue weighted by atomic mass is 10.1. The number of carbonyl (C=O) groups is 2. The van der Waals surface area contributed by atoms with Crippen LogP contribution in [0.4, 0.5) is 5.69 Å². The molecule has 0 radical (unpaired) electrons. The Morgan fingerprint density at radius 3 is 2.24 bits per heavy atom. The fraction of sp³-hybridized carbons (Fsp3) is 0.467. The van der Waals surface area contributed by atoms with Crippen LogP contribution in [0.15, 0.2) is 24.3 Å². The zero-order valence-electron chi connectivity index (χ0n) is 12.8. The van der Waals surface area contributed by atoms with Crippen LogP contribution in [0.5, 0.6) is 0 Å². The van der Waals surface area contributed by atoms with Gasteiger partial charge in [0, 0.05) is 18.3 Å². The average Bonchev–Trinajstić information content (AvgIpc) is 2.38. The first-order chi connectivity index (χ1) is 9.79. The van der Waals surface area contributed by atoms with Crippen LogP contribution in [0.1, 0.15) is 26.3 Å². The maximum absolute atomic E-state index is 12.1. The number of nitrogens with two attached hydrogens (primary N) is 2. The molecule has 1 aromatic carbocycles. The highest BCUT2D eigenvalue weighted by molar-refractivity contribution is 5.83. The monoisotopic (exact) mass is 292 g/mol. The van der Waals surface area contributed by atoms with Gasteiger partial charge in [0.1, 0.15) is 0 Å². The number of hydrogen-bond donors (Lipinski definition) is 3. The molecule has 0 heterocycles. The zero-order chi connectivity index (χ0) is 16.0. The highest BCUT2D eigenvalue weighted by Gasteiger charge is 2.23. The molecule has 116 valence electrons. The SMILES string of the molecule is CC(C)NC(=O)C(C)N(CC(N)=O)Cc1ccc(N)cc1. The van der Waals surface area contributed by atoms with Crippen molar-refractivity contribution in [2.75, 3.05) is 12.3 Å². The molecule has 2 amide bonds. The Balaban J connectivity index is 2.81. The molecule has 0 fully saturated rings. The predicted octanol–water partition coefficient (Wildman–Crippen LogP) is 0.469. The van der Waals surface area contributed by atoms with Crippen molar-refractivity contribution in [3.8, 4) is 0 Å². The summed E-state index contributed by atoms with van der Waals surface area (Å²) in [6.45, 7) is 6.02. The first-order valence-electron chi connectivity index (χ1n) is 6.96. The summed E-state index contributed by atoms with van der Waals surface area (Å²) >= 11 is 0. The van der Waals surface area contributed by atoms with Crippen molar-refractivity contribution < 1.29 is 9.59 Å². The molecule has 5 N–H and O–H groups in total. The van der Waals surface area contributed by atoms with E-state index in [1.165, 1.54) is 0 Å². The van der Waals surface area contributed by atoms with Gasteiger partial charge < -0.3 is 16.8 Å². The van der Waals surface area contributed by atoms with Crippen LogP contribution >= 0.6 is 0 Å². The van der Waals surface area contributed by atoms with Gasteiger partial charge in [-0.1, -0.05) is 12.1 Å². The first kappa shape index (κ1) is 17.0. The van der Waals surface area contributed by atoms with E-state index < -0.39 is 11.9 Å². The van der Waals surface area contributed by atoms with E-state index in [2.05, 4.69) is 5.32 Å². The van der Waals surface area contributed by atoms with Crippen LogP contribution in [0, 0.1) is 0 Å². The molecular weight excluding hydrogens is 268 g/mol. The topological polar surface area (TPSA) is 101 Å². The van der Waals surface area contributed by atoms with Gasteiger partial charge in [-0.25, -0.2) is 0 Å². The van der Waals surface area contributed by atoms with Crippen LogP contribution in [-0.2, 0) is 16.1 Å². The van der Waals surface area contributed by atoms with E-state index in [1.54, 1.807) is 24.0 Å². The number of amides is 2. The molecular formula is C15H24N4O2. The molecule has 0 saturated heterocycles. The number of nitrogen functional groups attached to an aromatic ring is 1. The summed E-state index contributed by atoms with van der Waals surface area (Å²) in [6, 6.07) is 6.92. The first-order valence-corrected chi connectivity index (χ1v) is 6.96. The van der Waals surface area contributed by atoms with Gasteiger partial charge in [-0.05, 0) is 38.5 Å². The van der Waals surface area contributed by atoms with Gasteiger partial charge in [0.15, 0.2) is 0 Å². The Hall–Kier alpha value is -2.08. The summed E-state index contributed by atoms with van der Waals surface area (Å²) in [6.07, 6.45) is 0. The minimum absolute atomic E-state index is 0.0249. The maximum atomic E-state index is 12.1. The predicted molar refractivity (Wildman–Crippen MR) is 83.2 cm³/mol. The van der Waals surface area contributed by atoms with E-state index in [0.29, 0.717) is 12.2 Å². The number of hydrogen-bond acceptors (Lipinski definition) is 4. The van der Waals surface area contributed by atoms with E-state index in [9.17, 15) is 9.59 Å². The molecule has 1 atom stereocenters. The average molecular weight is 292 g/mol. The van der Waals surface area contributed by atoms with Crippen molar-refractivity contribution in [1.82, 2.24) is 10.2 Å². The quantitative estimate of drug-likeness (QED) is 0.636. The number of nitrogens with one attached hydrogen (secondary N) is 1. The van der Waals surface area contributed by atoms with Crippen LogP contribution < -0.4 is 16.8 Å². The van der Waals surface area contributed by atoms with Crippen LogP contribution in [0.2, 0.25) is 0 Å². The second-order valence-corrected chi connectivity index (χ2v) is 5.45. The minimum atomic E-state index is -0.463. The van der Waals surface area contributed by atoms with E-state index in [-0.39, 0.29) is 18.5 Å². The van der Waals surface area contributed by atoms with Gasteiger partial charge in [0.2, 0.25) is 11.8 Å². The molecule has 0 aliphatic rings. The van der Waals surface area contributed by atoms with Crippen molar-refractivity contribution in [3.05, 3.63) is 29.8 Å². The van der Waals surface area contributed by atoms with E-state index in [4.69, 9.17) is 11.5 Å². The fourth-order valence-electron chi connectivity index (χ4n) is 1.96. The molecule has 0 aromatic heterocycles. The summed E-state index contributed by atoms with van der Waals surface area (Å²) in [7, 11) is 0. The second kappa shape index (κ2) is 7.64. The Kier molecular flexibility index (Phi) is 6.17. The van der Waals surface area contributed by atoms with Gasteiger partial charge in [-0.2, -0.15) is 0 Å². The maximum Gasteiger partial charge on any atom is 0.237 e. The van der Waals surface area contributed by atoms with Crippen molar-refractivity contribution in [1.29, 1.82) is 0 Å². The van der Waals surface area contributed by atoms with Crippen molar-refractivity contribution in [2.24, 2.45) is 5.73 Å². The zero-order valence-corrected chi connectivity index (χ0v) is 12.8. The third-order valence-electron chi connectivity index (χ3n) is 3.08. The van der Waals surface area contributed by atoms with Gasteiger partial charge >= 0.3 is 0 Å². The third kappa shape index (κ3) is 5.83. The van der Waals surface area contributed by atoms with E-state index >= 15 is 0 Å². The lowest BCUT2D eigenvalue weighted by Crippen LogP contribution is -2.49.